The Bertz CT molecular complexity index is 5530. The first-order valence-corrected chi connectivity index (χ1v) is 38.8. The molecule has 0 spiro atoms. The zero-order valence-electron chi connectivity index (χ0n) is 66.2. The number of aromatic nitrogens is 6. The average Bonchev–Trinajstić information content (AvgIpc) is 1.65. The van der Waals surface area contributed by atoms with Crippen molar-refractivity contribution >= 4 is 122 Å². The number of methoxy groups -OCH3 is 2. The number of hydrogen-bond acceptors (Lipinski definition) is 27. The van der Waals surface area contributed by atoms with Gasteiger partial charge in [-0.25, -0.2) is 43.1 Å². The van der Waals surface area contributed by atoms with Crippen LogP contribution in [0.15, 0.2) is 123 Å². The molecule has 0 atom stereocenters. The van der Waals surface area contributed by atoms with Gasteiger partial charge in [0.1, 0.15) is 96.7 Å². The lowest BCUT2D eigenvalue weighted by atomic mass is 9.78. The summed E-state index contributed by atoms with van der Waals surface area (Å²) >= 11 is 13.6. The largest absolute Gasteiger partial charge is 0.526 e. The molecule has 0 saturated carbocycles. The average molecular weight is 1790 g/mol. The van der Waals surface area contributed by atoms with Gasteiger partial charge in [-0.15, -0.1) is 0 Å². The summed E-state index contributed by atoms with van der Waals surface area (Å²) in [6.07, 6.45) is 10.7. The smallest absolute Gasteiger partial charge is 0.494 e. The van der Waals surface area contributed by atoms with Gasteiger partial charge in [-0.2, -0.15) is 10.5 Å². The molecule has 11 aromatic rings. The summed E-state index contributed by atoms with van der Waals surface area (Å²) in [6.45, 7) is 13.0. The lowest BCUT2D eigenvalue weighted by molar-refractivity contribution is 0.00578. The fraction of sp³-hybridized carbons (Fsp3) is 0.346. The molecule has 3 saturated heterocycles. The van der Waals surface area contributed by atoms with E-state index in [4.69, 9.17) is 99.6 Å². The molecule has 3 aliphatic rings. The number of nitrogens with zero attached hydrogens (tertiary/aromatic N) is 11. The molecule has 624 valence electrons. The van der Waals surface area contributed by atoms with Crippen molar-refractivity contribution < 1.29 is 104 Å². The Morgan fingerprint density at radius 2 is 1.01 bits per heavy atom. The lowest BCUT2D eigenvalue weighted by Crippen LogP contribution is -2.41. The van der Waals surface area contributed by atoms with Gasteiger partial charge in [-0.05, 0) is 116 Å². The van der Waals surface area contributed by atoms with Gasteiger partial charge in [0, 0.05) is 107 Å². The summed E-state index contributed by atoms with van der Waals surface area (Å²) in [5.41, 5.74) is 5.20. The molecule has 0 radical (unpaired) electrons. The summed E-state index contributed by atoms with van der Waals surface area (Å²) < 4.78 is 105. The molecule has 3 amide bonds. The van der Waals surface area contributed by atoms with Crippen LogP contribution in [0.2, 0.25) is 10.0 Å². The number of amides is 3. The number of nitriles is 2. The van der Waals surface area contributed by atoms with E-state index in [0.717, 1.165) is 58.9 Å². The van der Waals surface area contributed by atoms with Crippen LogP contribution in [-0.4, -0.2) is 227 Å². The molecule has 9 aromatic heterocycles. The van der Waals surface area contributed by atoms with Crippen molar-refractivity contribution in [3.63, 3.8) is 0 Å². The van der Waals surface area contributed by atoms with Crippen molar-refractivity contribution in [2.45, 2.75) is 83.7 Å². The molecule has 119 heavy (non-hydrogen) atoms. The van der Waals surface area contributed by atoms with Crippen molar-refractivity contribution in [1.29, 1.82) is 10.5 Å². The lowest BCUT2D eigenvalue weighted by Gasteiger charge is -2.32. The number of carbonyl (C=O) groups is 3. The summed E-state index contributed by atoms with van der Waals surface area (Å²) in [7, 11) is 5.42. The van der Waals surface area contributed by atoms with Gasteiger partial charge in [0.25, 0.3) is 17.7 Å². The first-order chi connectivity index (χ1) is 56.9. The molecule has 14 rings (SSSR count). The van der Waals surface area contributed by atoms with E-state index in [0.29, 0.717) is 95.0 Å². The van der Waals surface area contributed by atoms with Crippen LogP contribution in [0.4, 0.5) is 13.2 Å². The van der Waals surface area contributed by atoms with Crippen molar-refractivity contribution in [3.8, 4) is 69.2 Å². The van der Waals surface area contributed by atoms with E-state index in [1.165, 1.54) is 59.5 Å². The zero-order chi connectivity index (χ0) is 86.2. The Hall–Kier alpha value is -10.6. The van der Waals surface area contributed by atoms with Crippen LogP contribution < -0.4 is 30.1 Å². The van der Waals surface area contributed by atoms with E-state index in [1.54, 1.807) is 69.8 Å². The van der Waals surface area contributed by atoms with E-state index in [-0.39, 0.29) is 135 Å². The Balaban J connectivity index is 0.000000165. The van der Waals surface area contributed by atoms with Crippen LogP contribution in [0, 0.1) is 50.6 Å². The minimum Gasteiger partial charge on any atom is -0.494 e. The molecule has 0 aliphatic carbocycles. The quantitative estimate of drug-likeness (QED) is 0.0349. The van der Waals surface area contributed by atoms with E-state index >= 15 is 4.39 Å². The summed E-state index contributed by atoms with van der Waals surface area (Å²) in [6, 6.07) is 24.1. The van der Waals surface area contributed by atoms with Gasteiger partial charge in [0.2, 0.25) is 0 Å². The summed E-state index contributed by atoms with van der Waals surface area (Å²) in [4.78, 5) is 65.3. The molecular weight excluding hydrogens is 1710 g/mol. The molecule has 38 heteroatoms. The molecule has 3 fully saturated rings. The number of aliphatic hydroxyl groups is 3. The molecule has 5 N–H and O–H groups in total. The number of halogens is 6. The highest BCUT2D eigenvalue weighted by atomic mass is 127. The third-order valence-electron chi connectivity index (χ3n) is 19.3. The van der Waals surface area contributed by atoms with Crippen LogP contribution in [0.3, 0.4) is 0 Å². The molecule has 3 aliphatic heterocycles. The van der Waals surface area contributed by atoms with Crippen molar-refractivity contribution in [2.75, 3.05) is 101 Å². The zero-order valence-corrected chi connectivity index (χ0v) is 69.9. The molecule has 12 heterocycles. The number of aliphatic hydroxyl groups excluding tert-OH is 3. The number of furan rings is 3. The second-order valence-corrected chi connectivity index (χ2v) is 30.0. The van der Waals surface area contributed by atoms with E-state index in [1.807, 2.05) is 46.8 Å². The normalized spacial score (nSPS) is 14.2. The number of hydrogen-bond donors (Lipinski definition) is 5. The van der Waals surface area contributed by atoms with Crippen molar-refractivity contribution in [1.82, 2.24) is 44.6 Å². The van der Waals surface area contributed by atoms with Gasteiger partial charge in [0.05, 0.1) is 118 Å². The first kappa shape index (κ1) is 90.7. The van der Waals surface area contributed by atoms with Gasteiger partial charge < -0.3 is 91.0 Å². The SMILES string of the molecule is CC1(C)OB(c2ccc(OC3CCOCC3)c(C#N)c2)OC1(C)C.COc1cc(C(=O)N(C)CCO)cnc1-c1cc2ncc(F)c(-c3ccc(OC4CCOCC4)c(C#N)c3)c2o1.COc1cc(C(=O)N(C)CCO)cnc1-c1cc2ncc(F)c(Cl)c2o1.Cc1cc(C(=O)N(C)CCO)ncc1I.OB(O)c1cc2ncc(F)c(Cl)c2o1. The fourth-order valence-corrected chi connectivity index (χ4v) is 12.7. The first-order valence-electron chi connectivity index (χ1n) is 37.0. The molecule has 0 bridgehead atoms. The fourth-order valence-electron chi connectivity index (χ4n) is 12.0. The maximum Gasteiger partial charge on any atom is 0.526 e. The monoisotopic (exact) mass is 1790 g/mol. The Labute approximate surface area is 705 Å². The predicted octanol–water partition coefficient (Wildman–Crippen LogP) is 10.7. The second-order valence-electron chi connectivity index (χ2n) is 28.1. The van der Waals surface area contributed by atoms with Crippen molar-refractivity contribution in [2.24, 2.45) is 0 Å². The van der Waals surface area contributed by atoms with E-state index < -0.39 is 42.9 Å². The highest BCUT2D eigenvalue weighted by molar-refractivity contribution is 14.1. The maximum absolute atomic E-state index is 15.2. The highest BCUT2D eigenvalue weighted by Gasteiger charge is 2.52. The van der Waals surface area contributed by atoms with Gasteiger partial charge in [0.15, 0.2) is 45.7 Å². The van der Waals surface area contributed by atoms with Crippen LogP contribution in [-0.2, 0) is 18.8 Å². The van der Waals surface area contributed by atoms with Gasteiger partial charge in [-0.3, -0.25) is 14.4 Å². The molecule has 2 aromatic carbocycles. The van der Waals surface area contributed by atoms with E-state index in [2.05, 4.69) is 64.6 Å². The minimum atomic E-state index is -1.76. The number of pyridine rings is 6. The van der Waals surface area contributed by atoms with Crippen LogP contribution >= 0.6 is 45.8 Å². The van der Waals surface area contributed by atoms with Gasteiger partial charge >= 0.3 is 14.2 Å². The Morgan fingerprint density at radius 3 is 1.47 bits per heavy atom. The molecule has 0 unspecified atom stereocenters. The number of benzene rings is 2. The van der Waals surface area contributed by atoms with Crippen LogP contribution in [0.1, 0.15) is 101 Å². The number of likely N-dealkylation sites (N-methyl/N-ethyl adjacent to an activating group) is 3. The highest BCUT2D eigenvalue weighted by Crippen LogP contribution is 2.42. The number of aryl methyl sites for hydroxylation is 1. The van der Waals surface area contributed by atoms with Crippen molar-refractivity contribution in [3.05, 3.63) is 175 Å². The Morgan fingerprint density at radius 1 is 0.571 bits per heavy atom. The summed E-state index contributed by atoms with van der Waals surface area (Å²) in [5, 5.41) is 63.2. The number of carbonyl (C=O) groups excluding carboxylic acids is 3. The molecule has 30 nitrogen and oxygen atoms in total. The molecular formula is C81H83B2Cl2F3IN11O19. The number of rotatable bonds is 20. The van der Waals surface area contributed by atoms with Crippen LogP contribution in [0.5, 0.6) is 23.0 Å². The third-order valence-corrected chi connectivity index (χ3v) is 21.2. The summed E-state index contributed by atoms with van der Waals surface area (Å²) in [5.74, 6) is -0.690. The second kappa shape index (κ2) is 40.9. The minimum absolute atomic E-state index is 0.00904. The maximum atomic E-state index is 15.2. The number of ether oxygens (including phenoxy) is 6. The topological polar surface area (TPSA) is 400 Å². The third kappa shape index (κ3) is 21.9. The van der Waals surface area contributed by atoms with Gasteiger partial charge in [-0.1, -0.05) is 35.3 Å². The van der Waals surface area contributed by atoms with E-state index in [9.17, 15) is 33.7 Å². The standard InChI is InChI=1S/C29H27FN4O6.C18H24BNO4.C17H15ClFN3O4.C10H13IN2O2.C7H4BClFNO3/c1-34(7-8-35)29(36)19-12-24(37-2)27(33-15-19)25-13-22-28(40-25)26(21(30)16-32-22)17-3-4-23(18(11-17)14-31)39-20-5-9-38-10-6-20;1-17(2)18(3,4)24-19(23-17)14-5-6-16(13(11-14)12-20)22-15-7-9-21-10-8-15;1-22(3-4-23)17(24)9-5-12(25-2)15(21-7-9)13-6-11-16(26-13)14(18)10(19)8-20-11;1-7-5-9(12-6-8(7)11)10(15)13(2)3-4-14;9-6-3(10)2-11-4-1-5(8(12)13)14-7(4)6/h3-4,11-13,15-16,20,35H,5-10H2,1-2H3;5-6,11,15H,7-10H2,1-4H3;5-8,23H,3-4H2,1-2H3;5-6,14H,3-4H2,1-2H3;1-2,12-13H. The Kier molecular flexibility index (Phi) is 31.2. The van der Waals surface area contributed by atoms with Crippen LogP contribution in [0.25, 0.3) is 67.3 Å². The predicted molar refractivity (Wildman–Crippen MR) is 441 cm³/mol. The number of fused-ring (bicyclic) bond motifs is 3.